The van der Waals surface area contributed by atoms with Crippen molar-refractivity contribution < 1.29 is 19.0 Å². The van der Waals surface area contributed by atoms with Gasteiger partial charge in [0, 0.05) is 11.3 Å². The number of carbonyl (C=O) groups is 1. The average molecular weight is 361 g/mol. The van der Waals surface area contributed by atoms with Gasteiger partial charge in [-0.15, -0.1) is 0 Å². The van der Waals surface area contributed by atoms with Gasteiger partial charge < -0.3 is 9.84 Å². The molecule has 0 spiro atoms. The second-order valence-electron chi connectivity index (χ2n) is 5.37. The summed E-state index contributed by atoms with van der Waals surface area (Å²) in [6, 6.07) is 5.39. The summed E-state index contributed by atoms with van der Waals surface area (Å²) in [5.41, 5.74) is 0.00528. The number of hydrogen-bond donors (Lipinski definition) is 1. The lowest BCUT2D eigenvalue weighted by Gasteiger charge is -2.20. The van der Waals surface area contributed by atoms with Gasteiger partial charge in [0.2, 0.25) is 0 Å². The van der Waals surface area contributed by atoms with Gasteiger partial charge in [-0.25, -0.2) is 9.18 Å². The van der Waals surface area contributed by atoms with Crippen molar-refractivity contribution in [3.8, 4) is 11.4 Å². The first kappa shape index (κ1) is 17.3. The van der Waals surface area contributed by atoms with E-state index in [2.05, 4.69) is 0 Å². The number of pyridine rings is 1. The highest BCUT2D eigenvalue weighted by Crippen LogP contribution is 2.36. The number of ether oxygens (including phenoxy) is 1. The molecule has 130 valence electrons. The molecule has 7 heteroatoms. The van der Waals surface area contributed by atoms with Gasteiger partial charge in [0.1, 0.15) is 11.6 Å². The quantitative estimate of drug-likeness (QED) is 0.901. The number of benzene rings is 1. The predicted molar refractivity (Wildman–Crippen MR) is 93.4 cm³/mol. The molecule has 2 heterocycles. The number of thioether (sulfide) groups is 1. The lowest BCUT2D eigenvalue weighted by Crippen LogP contribution is -2.29. The fraction of sp³-hybridized carbons (Fsp3) is 0.222. The molecule has 1 aliphatic rings. The van der Waals surface area contributed by atoms with E-state index < -0.39 is 22.9 Å². The van der Waals surface area contributed by atoms with Crippen molar-refractivity contribution in [1.29, 1.82) is 0 Å². The molecule has 0 bridgehead atoms. The van der Waals surface area contributed by atoms with Crippen LogP contribution < -0.4 is 10.3 Å². The summed E-state index contributed by atoms with van der Waals surface area (Å²) in [4.78, 5) is 24.7. The van der Waals surface area contributed by atoms with Crippen molar-refractivity contribution in [1.82, 2.24) is 4.57 Å². The summed E-state index contributed by atoms with van der Waals surface area (Å²) >= 11 is 1.33. The molecule has 25 heavy (non-hydrogen) atoms. The first-order valence-corrected chi connectivity index (χ1v) is 8.68. The smallest absolute Gasteiger partial charge is 0.345 e. The zero-order valence-electron chi connectivity index (χ0n) is 13.5. The molecular formula is C18H16FNO4S. The minimum Gasteiger partial charge on any atom is -0.492 e. The van der Waals surface area contributed by atoms with E-state index in [1.54, 1.807) is 6.92 Å². The normalized spacial score (nSPS) is 13.2. The SMILES string of the molecule is CCOc1c2c(n(-c3ccc(F)cc3)c(=O)c1C(=O)O)SC=CCC2. The Balaban J connectivity index is 2.39. The number of allylic oxidation sites excluding steroid dienone is 1. The van der Waals surface area contributed by atoms with Crippen molar-refractivity contribution in [2.75, 3.05) is 6.61 Å². The van der Waals surface area contributed by atoms with E-state index in [1.807, 2.05) is 11.5 Å². The maximum Gasteiger partial charge on any atom is 0.345 e. The summed E-state index contributed by atoms with van der Waals surface area (Å²) in [5.74, 6) is -1.64. The van der Waals surface area contributed by atoms with Crippen LogP contribution in [0.4, 0.5) is 4.39 Å². The van der Waals surface area contributed by atoms with E-state index in [9.17, 15) is 19.1 Å². The first-order chi connectivity index (χ1) is 12.0. The molecule has 5 nitrogen and oxygen atoms in total. The van der Waals surface area contributed by atoms with Gasteiger partial charge in [-0.2, -0.15) is 0 Å². The van der Waals surface area contributed by atoms with Gasteiger partial charge in [0.15, 0.2) is 5.56 Å². The summed E-state index contributed by atoms with van der Waals surface area (Å²) in [5, 5.41) is 12.0. The highest BCUT2D eigenvalue weighted by atomic mass is 32.2. The Kier molecular flexibility index (Phi) is 4.94. The van der Waals surface area contributed by atoms with Crippen LogP contribution in [-0.2, 0) is 6.42 Å². The van der Waals surface area contributed by atoms with Crippen molar-refractivity contribution >= 4 is 17.7 Å². The summed E-state index contributed by atoms with van der Waals surface area (Å²) in [6.45, 7) is 2.00. The maximum absolute atomic E-state index is 13.3. The molecular weight excluding hydrogens is 345 g/mol. The van der Waals surface area contributed by atoms with Crippen LogP contribution in [0.25, 0.3) is 5.69 Å². The molecule has 3 rings (SSSR count). The molecule has 1 aromatic carbocycles. The number of nitrogens with zero attached hydrogens (tertiary/aromatic N) is 1. The van der Waals surface area contributed by atoms with Crippen LogP contribution in [0.3, 0.4) is 0 Å². The largest absolute Gasteiger partial charge is 0.492 e. The van der Waals surface area contributed by atoms with Crippen LogP contribution in [0.5, 0.6) is 5.75 Å². The Bertz CT molecular complexity index is 903. The predicted octanol–water partition coefficient (Wildman–Crippen LogP) is 3.63. The minimum atomic E-state index is -1.34. The van der Waals surface area contributed by atoms with Crippen LogP contribution >= 0.6 is 11.8 Å². The molecule has 0 aliphatic carbocycles. The Morgan fingerprint density at radius 1 is 1.36 bits per heavy atom. The topological polar surface area (TPSA) is 68.5 Å². The lowest BCUT2D eigenvalue weighted by atomic mass is 10.1. The molecule has 0 saturated carbocycles. The standard InChI is InChI=1S/C18H16FNO4S/c1-2-24-15-13-5-3-4-10-25-17(13)20(16(21)14(15)18(22)23)12-8-6-11(19)7-9-12/h4,6-10H,2-3,5H2,1H3,(H,22,23). The molecule has 1 N–H and O–H groups in total. The molecule has 0 saturated heterocycles. The molecule has 2 aromatic rings. The second-order valence-corrected chi connectivity index (χ2v) is 6.27. The van der Waals surface area contributed by atoms with Crippen molar-refractivity contribution in [2.45, 2.75) is 24.8 Å². The van der Waals surface area contributed by atoms with Gasteiger partial charge in [-0.3, -0.25) is 9.36 Å². The molecule has 0 atom stereocenters. The maximum atomic E-state index is 13.3. The number of carboxylic acid groups (broad SMARTS) is 1. The van der Waals surface area contributed by atoms with Gasteiger partial charge in [-0.05, 0) is 49.4 Å². The zero-order chi connectivity index (χ0) is 18.0. The monoisotopic (exact) mass is 361 g/mol. The van der Waals surface area contributed by atoms with Gasteiger partial charge in [-0.1, -0.05) is 17.8 Å². The highest BCUT2D eigenvalue weighted by Gasteiger charge is 2.28. The Labute approximate surface area is 147 Å². The molecule has 1 aliphatic heterocycles. The summed E-state index contributed by atoms with van der Waals surface area (Å²) in [7, 11) is 0. The van der Waals surface area contributed by atoms with Crippen molar-refractivity contribution in [3.63, 3.8) is 0 Å². The van der Waals surface area contributed by atoms with Crippen molar-refractivity contribution in [2.24, 2.45) is 0 Å². The fourth-order valence-corrected chi connectivity index (χ4v) is 3.75. The van der Waals surface area contributed by atoms with E-state index in [4.69, 9.17) is 4.74 Å². The first-order valence-electron chi connectivity index (χ1n) is 7.80. The minimum absolute atomic E-state index is 0.129. The number of carboxylic acids is 1. The van der Waals surface area contributed by atoms with E-state index in [1.165, 1.54) is 40.6 Å². The van der Waals surface area contributed by atoms with E-state index in [0.717, 1.165) is 0 Å². The summed E-state index contributed by atoms with van der Waals surface area (Å²) < 4.78 is 20.1. The zero-order valence-corrected chi connectivity index (χ0v) is 14.3. The van der Waals surface area contributed by atoms with E-state index >= 15 is 0 Å². The third kappa shape index (κ3) is 3.19. The van der Waals surface area contributed by atoms with E-state index in [0.29, 0.717) is 29.1 Å². The molecule has 0 radical (unpaired) electrons. The number of rotatable bonds is 4. The van der Waals surface area contributed by atoms with Crippen LogP contribution in [0.1, 0.15) is 29.3 Å². The van der Waals surface area contributed by atoms with Gasteiger partial charge >= 0.3 is 5.97 Å². The van der Waals surface area contributed by atoms with E-state index in [-0.39, 0.29) is 12.4 Å². The van der Waals surface area contributed by atoms with Gasteiger partial charge in [0.25, 0.3) is 5.56 Å². The highest BCUT2D eigenvalue weighted by molar-refractivity contribution is 8.02. The second kappa shape index (κ2) is 7.14. The average Bonchev–Trinajstić information content (AvgIpc) is 2.82. The van der Waals surface area contributed by atoms with Crippen LogP contribution in [0.2, 0.25) is 0 Å². The number of aromatic nitrogens is 1. The number of aromatic carboxylic acids is 1. The van der Waals surface area contributed by atoms with Crippen molar-refractivity contribution in [3.05, 3.63) is 63.0 Å². The molecule has 1 aromatic heterocycles. The van der Waals surface area contributed by atoms with Crippen LogP contribution in [0.15, 0.2) is 45.6 Å². The number of halogens is 1. The molecule has 0 amide bonds. The Hall–Kier alpha value is -2.54. The molecule has 0 unspecified atom stereocenters. The third-order valence-corrected chi connectivity index (χ3v) is 4.78. The number of hydrogen-bond acceptors (Lipinski definition) is 4. The Morgan fingerprint density at radius 3 is 2.72 bits per heavy atom. The van der Waals surface area contributed by atoms with Crippen LogP contribution in [0, 0.1) is 5.82 Å². The number of fused-ring (bicyclic) bond motifs is 1. The Morgan fingerprint density at radius 2 is 2.08 bits per heavy atom. The lowest BCUT2D eigenvalue weighted by molar-refractivity contribution is 0.0689. The summed E-state index contributed by atoms with van der Waals surface area (Å²) in [6.07, 6.45) is 3.22. The van der Waals surface area contributed by atoms with Crippen LogP contribution in [-0.4, -0.2) is 22.2 Å². The third-order valence-electron chi connectivity index (χ3n) is 3.80. The van der Waals surface area contributed by atoms with Gasteiger partial charge in [0.05, 0.1) is 11.6 Å². The fourth-order valence-electron chi connectivity index (χ4n) is 2.75. The molecule has 0 fully saturated rings.